The van der Waals surface area contributed by atoms with Gasteiger partial charge in [0.05, 0.1) is 4.90 Å². The third-order valence-corrected chi connectivity index (χ3v) is 4.37. The standard InChI is InChI=1S/C10H15BrN2O2S.ClH/c1-7-3-4-9(11)5-10(7)16(14,15)13-8(2)6-12;/h3-5,8,13H,6,12H2,1-2H3;1H/t8-;/m0./s1. The summed E-state index contributed by atoms with van der Waals surface area (Å²) >= 11 is 3.26. The molecule has 1 aromatic rings. The molecule has 3 N–H and O–H groups in total. The van der Waals surface area contributed by atoms with E-state index < -0.39 is 10.0 Å². The van der Waals surface area contributed by atoms with E-state index in [1.807, 2.05) is 0 Å². The number of nitrogens with two attached hydrogens (primary N) is 1. The molecule has 0 radical (unpaired) electrons. The summed E-state index contributed by atoms with van der Waals surface area (Å²) in [5.74, 6) is 0. The molecule has 0 aliphatic rings. The fourth-order valence-corrected chi connectivity index (χ4v) is 3.28. The summed E-state index contributed by atoms with van der Waals surface area (Å²) in [6, 6.07) is 4.87. The minimum Gasteiger partial charge on any atom is -0.329 e. The van der Waals surface area contributed by atoms with Crippen LogP contribution in [0.5, 0.6) is 0 Å². The monoisotopic (exact) mass is 342 g/mol. The molecule has 0 saturated heterocycles. The van der Waals surface area contributed by atoms with E-state index in [1.165, 1.54) is 0 Å². The highest BCUT2D eigenvalue weighted by atomic mass is 79.9. The summed E-state index contributed by atoms with van der Waals surface area (Å²) in [5, 5.41) is 0. The first-order valence-corrected chi connectivity index (χ1v) is 7.13. The van der Waals surface area contributed by atoms with Crippen LogP contribution in [0.2, 0.25) is 0 Å². The van der Waals surface area contributed by atoms with Gasteiger partial charge < -0.3 is 5.73 Å². The number of nitrogens with one attached hydrogen (secondary N) is 1. The second kappa shape index (κ2) is 6.70. The molecular weight excluding hydrogens is 328 g/mol. The molecule has 1 aromatic carbocycles. The lowest BCUT2D eigenvalue weighted by Gasteiger charge is -2.13. The Labute approximate surface area is 117 Å². The molecule has 0 saturated carbocycles. The second-order valence-electron chi connectivity index (χ2n) is 3.67. The van der Waals surface area contributed by atoms with Crippen LogP contribution in [-0.4, -0.2) is 21.0 Å². The highest BCUT2D eigenvalue weighted by Gasteiger charge is 2.18. The van der Waals surface area contributed by atoms with Gasteiger partial charge in [0, 0.05) is 17.1 Å². The Kier molecular flexibility index (Phi) is 6.65. The minimum atomic E-state index is -3.48. The van der Waals surface area contributed by atoms with Crippen molar-refractivity contribution in [1.82, 2.24) is 4.72 Å². The van der Waals surface area contributed by atoms with Gasteiger partial charge in [0.1, 0.15) is 0 Å². The molecule has 0 aromatic heterocycles. The summed E-state index contributed by atoms with van der Waals surface area (Å²) in [6.45, 7) is 3.76. The maximum absolute atomic E-state index is 12.0. The highest BCUT2D eigenvalue weighted by Crippen LogP contribution is 2.20. The number of hydrogen-bond acceptors (Lipinski definition) is 3. The van der Waals surface area contributed by atoms with E-state index in [-0.39, 0.29) is 29.9 Å². The zero-order chi connectivity index (χ0) is 12.3. The molecule has 0 amide bonds. The van der Waals surface area contributed by atoms with Gasteiger partial charge in [-0.3, -0.25) is 0 Å². The summed E-state index contributed by atoms with van der Waals surface area (Å²) in [4.78, 5) is 0.280. The predicted molar refractivity (Wildman–Crippen MR) is 75.0 cm³/mol. The van der Waals surface area contributed by atoms with E-state index in [9.17, 15) is 8.42 Å². The Morgan fingerprint density at radius 2 is 2.06 bits per heavy atom. The van der Waals surface area contributed by atoms with Crippen LogP contribution in [0.3, 0.4) is 0 Å². The molecule has 0 aliphatic carbocycles. The number of aryl methyl sites for hydroxylation is 1. The fraction of sp³-hybridized carbons (Fsp3) is 0.400. The molecule has 1 atom stereocenters. The first-order chi connectivity index (χ1) is 7.36. The van der Waals surface area contributed by atoms with Crippen molar-refractivity contribution in [3.8, 4) is 0 Å². The molecule has 0 unspecified atom stereocenters. The van der Waals surface area contributed by atoms with Crippen molar-refractivity contribution in [1.29, 1.82) is 0 Å². The van der Waals surface area contributed by atoms with E-state index in [0.717, 1.165) is 4.47 Å². The van der Waals surface area contributed by atoms with Crippen LogP contribution >= 0.6 is 28.3 Å². The van der Waals surface area contributed by atoms with Crippen molar-refractivity contribution in [2.24, 2.45) is 5.73 Å². The summed E-state index contributed by atoms with van der Waals surface area (Å²) < 4.78 is 27.2. The van der Waals surface area contributed by atoms with Gasteiger partial charge in [0.15, 0.2) is 0 Å². The molecule has 0 bridgehead atoms. The highest BCUT2D eigenvalue weighted by molar-refractivity contribution is 9.10. The Morgan fingerprint density at radius 3 is 2.59 bits per heavy atom. The average molecular weight is 344 g/mol. The van der Waals surface area contributed by atoms with Gasteiger partial charge in [-0.15, -0.1) is 12.4 Å². The summed E-state index contributed by atoms with van der Waals surface area (Å²) in [5.41, 5.74) is 6.10. The van der Waals surface area contributed by atoms with Gasteiger partial charge in [0.2, 0.25) is 10.0 Å². The third kappa shape index (κ3) is 4.56. The van der Waals surface area contributed by atoms with Crippen LogP contribution in [-0.2, 0) is 10.0 Å². The zero-order valence-corrected chi connectivity index (χ0v) is 12.8. The Balaban J connectivity index is 0.00000256. The van der Waals surface area contributed by atoms with Gasteiger partial charge in [-0.1, -0.05) is 22.0 Å². The Morgan fingerprint density at radius 1 is 1.47 bits per heavy atom. The molecule has 0 fully saturated rings. The predicted octanol–water partition coefficient (Wildman–Crippen LogP) is 1.80. The van der Waals surface area contributed by atoms with E-state index in [1.54, 1.807) is 32.0 Å². The maximum Gasteiger partial charge on any atom is 0.241 e. The lowest BCUT2D eigenvalue weighted by atomic mass is 10.2. The SMILES string of the molecule is Cc1ccc(Br)cc1S(=O)(=O)N[C@@H](C)CN.Cl. The van der Waals surface area contributed by atoms with Crippen molar-refractivity contribution >= 4 is 38.4 Å². The van der Waals surface area contributed by atoms with Crippen molar-refractivity contribution in [3.63, 3.8) is 0 Å². The van der Waals surface area contributed by atoms with Crippen molar-refractivity contribution in [2.75, 3.05) is 6.54 Å². The number of hydrogen-bond donors (Lipinski definition) is 2. The van der Waals surface area contributed by atoms with Gasteiger partial charge in [-0.25, -0.2) is 13.1 Å². The van der Waals surface area contributed by atoms with Gasteiger partial charge >= 0.3 is 0 Å². The molecule has 0 heterocycles. The third-order valence-electron chi connectivity index (χ3n) is 2.15. The quantitative estimate of drug-likeness (QED) is 0.875. The second-order valence-corrected chi connectivity index (χ2v) is 6.27. The zero-order valence-electron chi connectivity index (χ0n) is 9.60. The van der Waals surface area contributed by atoms with Crippen molar-refractivity contribution < 1.29 is 8.42 Å². The van der Waals surface area contributed by atoms with Gasteiger partial charge in [0.25, 0.3) is 0 Å². The molecule has 0 aliphatic heterocycles. The maximum atomic E-state index is 12.0. The van der Waals surface area contributed by atoms with Gasteiger partial charge in [-0.2, -0.15) is 0 Å². The summed E-state index contributed by atoms with van der Waals surface area (Å²) in [7, 11) is -3.48. The van der Waals surface area contributed by atoms with E-state index in [0.29, 0.717) is 5.56 Å². The number of sulfonamides is 1. The number of benzene rings is 1. The Bertz CT molecular complexity index is 479. The Hall–Kier alpha value is -0.140. The molecule has 17 heavy (non-hydrogen) atoms. The van der Waals surface area contributed by atoms with E-state index in [2.05, 4.69) is 20.7 Å². The lowest BCUT2D eigenvalue weighted by molar-refractivity contribution is 0.562. The summed E-state index contributed by atoms with van der Waals surface area (Å²) in [6.07, 6.45) is 0. The molecule has 7 heteroatoms. The molecule has 0 spiro atoms. The minimum absolute atomic E-state index is 0. The molecule has 98 valence electrons. The fourth-order valence-electron chi connectivity index (χ4n) is 1.24. The largest absolute Gasteiger partial charge is 0.329 e. The smallest absolute Gasteiger partial charge is 0.241 e. The van der Waals surface area contributed by atoms with E-state index >= 15 is 0 Å². The van der Waals surface area contributed by atoms with Crippen LogP contribution in [0.4, 0.5) is 0 Å². The van der Waals surface area contributed by atoms with Crippen molar-refractivity contribution in [3.05, 3.63) is 28.2 Å². The lowest BCUT2D eigenvalue weighted by Crippen LogP contribution is -2.38. The number of halogens is 2. The normalized spacial score (nSPS) is 12.9. The number of rotatable bonds is 4. The van der Waals surface area contributed by atoms with E-state index in [4.69, 9.17) is 5.73 Å². The van der Waals surface area contributed by atoms with Crippen molar-refractivity contribution in [2.45, 2.75) is 24.8 Å². The van der Waals surface area contributed by atoms with Crippen LogP contribution < -0.4 is 10.5 Å². The first kappa shape index (κ1) is 16.9. The van der Waals surface area contributed by atoms with Crippen LogP contribution in [0.1, 0.15) is 12.5 Å². The first-order valence-electron chi connectivity index (χ1n) is 4.85. The van der Waals surface area contributed by atoms with Crippen LogP contribution in [0, 0.1) is 6.92 Å². The molecular formula is C10H16BrClN2O2S. The van der Waals surface area contributed by atoms with Gasteiger partial charge in [-0.05, 0) is 31.5 Å². The average Bonchev–Trinajstić information content (AvgIpc) is 2.20. The topological polar surface area (TPSA) is 72.2 Å². The van der Waals surface area contributed by atoms with Crippen LogP contribution in [0.15, 0.2) is 27.6 Å². The van der Waals surface area contributed by atoms with Crippen LogP contribution in [0.25, 0.3) is 0 Å². The molecule has 4 nitrogen and oxygen atoms in total. The molecule has 1 rings (SSSR count).